The van der Waals surface area contributed by atoms with Gasteiger partial charge in [-0.1, -0.05) is 12.1 Å². The Hall–Kier alpha value is -3.35. The first-order chi connectivity index (χ1) is 13.9. The first-order valence-corrected chi connectivity index (χ1v) is 9.47. The van der Waals surface area contributed by atoms with Gasteiger partial charge >= 0.3 is 6.03 Å². The fourth-order valence-corrected chi connectivity index (χ4v) is 3.61. The zero-order valence-corrected chi connectivity index (χ0v) is 16.3. The molecule has 0 fully saturated rings. The Kier molecular flexibility index (Phi) is 4.96. The highest BCUT2D eigenvalue weighted by Crippen LogP contribution is 2.36. The van der Waals surface area contributed by atoms with Crippen molar-refractivity contribution >= 4 is 23.2 Å². The standard InChI is InChI=1S/C22H22FN3O3/c1-14-11-20-21(29-10-9-25(20)2)13-18(14)24-22(28)26-8-7-17(27)12-19(26)15-3-5-16(23)6-4-15/h3-8,11,13,19H,9-10,12H2,1-2H3,(H,24,28). The molecular weight excluding hydrogens is 373 g/mol. The Bertz CT molecular complexity index is 988. The number of ketones is 1. The second-order valence-electron chi connectivity index (χ2n) is 7.30. The van der Waals surface area contributed by atoms with E-state index in [4.69, 9.17) is 4.74 Å². The fourth-order valence-electron chi connectivity index (χ4n) is 3.61. The number of benzene rings is 2. The number of urea groups is 1. The van der Waals surface area contributed by atoms with E-state index < -0.39 is 6.04 Å². The summed E-state index contributed by atoms with van der Waals surface area (Å²) in [5, 5.41) is 2.92. The van der Waals surface area contributed by atoms with Crippen LogP contribution in [0, 0.1) is 12.7 Å². The molecule has 29 heavy (non-hydrogen) atoms. The number of carbonyl (C=O) groups is 2. The molecule has 2 aliphatic heterocycles. The number of carbonyl (C=O) groups excluding carboxylic acids is 2. The number of nitrogens with zero attached hydrogens (tertiary/aromatic N) is 2. The number of hydrogen-bond acceptors (Lipinski definition) is 4. The van der Waals surface area contributed by atoms with Crippen LogP contribution in [0.1, 0.15) is 23.6 Å². The van der Waals surface area contributed by atoms with Gasteiger partial charge in [-0.05, 0) is 42.3 Å². The van der Waals surface area contributed by atoms with Gasteiger partial charge in [0.15, 0.2) is 5.78 Å². The number of ether oxygens (including phenoxy) is 1. The van der Waals surface area contributed by atoms with Gasteiger partial charge in [0.25, 0.3) is 0 Å². The van der Waals surface area contributed by atoms with Crippen LogP contribution in [-0.4, -0.2) is 36.9 Å². The van der Waals surface area contributed by atoms with Crippen molar-refractivity contribution in [3.05, 3.63) is 65.6 Å². The van der Waals surface area contributed by atoms with E-state index in [1.165, 1.54) is 29.3 Å². The van der Waals surface area contributed by atoms with Crippen LogP contribution in [0.15, 0.2) is 48.7 Å². The number of anilines is 2. The summed E-state index contributed by atoms with van der Waals surface area (Å²) < 4.78 is 19.0. The molecule has 0 saturated heterocycles. The van der Waals surface area contributed by atoms with Gasteiger partial charge in [-0.25, -0.2) is 9.18 Å². The van der Waals surface area contributed by atoms with Gasteiger partial charge in [0, 0.05) is 31.4 Å². The van der Waals surface area contributed by atoms with E-state index in [1.54, 1.807) is 12.1 Å². The summed E-state index contributed by atoms with van der Waals surface area (Å²) in [6, 6.07) is 8.80. The minimum atomic E-state index is -0.492. The van der Waals surface area contributed by atoms with Gasteiger partial charge in [0.05, 0.1) is 18.3 Å². The monoisotopic (exact) mass is 395 g/mol. The lowest BCUT2D eigenvalue weighted by molar-refractivity contribution is -0.116. The lowest BCUT2D eigenvalue weighted by atomic mass is 9.97. The maximum absolute atomic E-state index is 13.3. The van der Waals surface area contributed by atoms with Crippen LogP contribution in [0.5, 0.6) is 5.75 Å². The first-order valence-electron chi connectivity index (χ1n) is 9.47. The molecule has 2 aromatic rings. The Labute approximate surface area is 168 Å². The van der Waals surface area contributed by atoms with E-state index in [-0.39, 0.29) is 24.1 Å². The molecule has 0 aliphatic carbocycles. The number of likely N-dealkylation sites (N-methyl/N-ethyl adjacent to an activating group) is 1. The molecule has 2 aromatic carbocycles. The SMILES string of the molecule is Cc1cc2c(cc1NC(=O)N1C=CC(=O)CC1c1ccc(F)cc1)OCCN2C. The number of halogens is 1. The second kappa shape index (κ2) is 7.58. The topological polar surface area (TPSA) is 61.9 Å². The quantitative estimate of drug-likeness (QED) is 0.834. The lowest BCUT2D eigenvalue weighted by Crippen LogP contribution is -2.37. The summed E-state index contributed by atoms with van der Waals surface area (Å²) in [6.45, 7) is 3.32. The van der Waals surface area contributed by atoms with Crippen LogP contribution >= 0.6 is 0 Å². The van der Waals surface area contributed by atoms with Crippen molar-refractivity contribution in [3.63, 3.8) is 0 Å². The molecule has 4 rings (SSSR count). The van der Waals surface area contributed by atoms with Crippen molar-refractivity contribution in [2.45, 2.75) is 19.4 Å². The van der Waals surface area contributed by atoms with Crippen LogP contribution < -0.4 is 15.0 Å². The Balaban J connectivity index is 1.60. The van der Waals surface area contributed by atoms with E-state index in [0.717, 1.165) is 23.5 Å². The van der Waals surface area contributed by atoms with Crippen molar-refractivity contribution in [1.29, 1.82) is 0 Å². The van der Waals surface area contributed by atoms with E-state index in [2.05, 4.69) is 10.2 Å². The Morgan fingerprint density at radius 2 is 2.00 bits per heavy atom. The fraction of sp³-hybridized carbons (Fsp3) is 0.273. The average Bonchev–Trinajstić information content (AvgIpc) is 2.70. The second-order valence-corrected chi connectivity index (χ2v) is 7.30. The number of nitrogens with one attached hydrogen (secondary N) is 1. The smallest absolute Gasteiger partial charge is 0.326 e. The number of fused-ring (bicyclic) bond motifs is 1. The molecule has 2 amide bonds. The first kappa shape index (κ1) is 19.0. The van der Waals surface area contributed by atoms with Crippen LogP contribution in [0.25, 0.3) is 0 Å². The molecule has 0 radical (unpaired) electrons. The van der Waals surface area contributed by atoms with Gasteiger partial charge in [0.1, 0.15) is 18.2 Å². The number of amides is 2. The van der Waals surface area contributed by atoms with Crippen molar-refractivity contribution in [2.75, 3.05) is 30.4 Å². The number of aryl methyl sites for hydroxylation is 1. The lowest BCUT2D eigenvalue weighted by Gasteiger charge is -2.32. The van der Waals surface area contributed by atoms with Crippen molar-refractivity contribution < 1.29 is 18.7 Å². The Morgan fingerprint density at radius 3 is 2.76 bits per heavy atom. The summed E-state index contributed by atoms with van der Waals surface area (Å²) in [5.74, 6) is 0.279. The molecule has 2 heterocycles. The minimum Gasteiger partial charge on any atom is -0.489 e. The molecule has 7 heteroatoms. The molecule has 150 valence electrons. The largest absolute Gasteiger partial charge is 0.489 e. The van der Waals surface area contributed by atoms with Gasteiger partial charge in [-0.2, -0.15) is 0 Å². The molecule has 0 aromatic heterocycles. The summed E-state index contributed by atoms with van der Waals surface area (Å²) in [7, 11) is 2.00. The van der Waals surface area contributed by atoms with Gasteiger partial charge in [0.2, 0.25) is 0 Å². The predicted octanol–water partition coefficient (Wildman–Crippen LogP) is 4.02. The van der Waals surface area contributed by atoms with Crippen LogP contribution in [0.4, 0.5) is 20.6 Å². The minimum absolute atomic E-state index is 0.0789. The highest BCUT2D eigenvalue weighted by molar-refractivity contribution is 5.96. The summed E-state index contributed by atoms with van der Waals surface area (Å²) in [6.07, 6.45) is 3.01. The summed E-state index contributed by atoms with van der Waals surface area (Å²) >= 11 is 0. The molecule has 0 spiro atoms. The molecular formula is C22H22FN3O3. The highest BCUT2D eigenvalue weighted by Gasteiger charge is 2.29. The van der Waals surface area contributed by atoms with E-state index in [9.17, 15) is 14.0 Å². The molecule has 6 nitrogen and oxygen atoms in total. The maximum atomic E-state index is 13.3. The molecule has 0 bridgehead atoms. The normalized spacial score (nSPS) is 18.3. The summed E-state index contributed by atoms with van der Waals surface area (Å²) in [5.41, 5.74) is 3.24. The zero-order valence-electron chi connectivity index (χ0n) is 16.3. The van der Waals surface area contributed by atoms with Crippen molar-refractivity contribution in [1.82, 2.24) is 4.90 Å². The average molecular weight is 395 g/mol. The molecule has 0 saturated carbocycles. The predicted molar refractivity (Wildman–Crippen MR) is 109 cm³/mol. The third-order valence-corrected chi connectivity index (χ3v) is 5.28. The third kappa shape index (κ3) is 3.81. The van der Waals surface area contributed by atoms with Crippen LogP contribution in [0.3, 0.4) is 0 Å². The number of rotatable bonds is 2. The summed E-state index contributed by atoms with van der Waals surface area (Å²) in [4.78, 5) is 28.6. The molecule has 1 N–H and O–H groups in total. The molecule has 1 atom stereocenters. The number of hydrogen-bond donors (Lipinski definition) is 1. The van der Waals surface area contributed by atoms with Gasteiger partial charge in [-0.3, -0.25) is 9.69 Å². The number of allylic oxidation sites excluding steroid dienone is 1. The maximum Gasteiger partial charge on any atom is 0.326 e. The van der Waals surface area contributed by atoms with Gasteiger partial charge in [-0.15, -0.1) is 0 Å². The third-order valence-electron chi connectivity index (χ3n) is 5.28. The van der Waals surface area contributed by atoms with Crippen molar-refractivity contribution in [3.8, 4) is 5.75 Å². The van der Waals surface area contributed by atoms with Crippen LogP contribution in [0.2, 0.25) is 0 Å². The Morgan fingerprint density at radius 1 is 1.24 bits per heavy atom. The van der Waals surface area contributed by atoms with Crippen LogP contribution in [-0.2, 0) is 4.79 Å². The van der Waals surface area contributed by atoms with E-state index in [1.807, 2.05) is 26.1 Å². The van der Waals surface area contributed by atoms with Crippen molar-refractivity contribution in [2.24, 2.45) is 0 Å². The zero-order chi connectivity index (χ0) is 20.5. The van der Waals surface area contributed by atoms with E-state index in [0.29, 0.717) is 17.9 Å². The molecule has 2 aliphatic rings. The highest BCUT2D eigenvalue weighted by atomic mass is 19.1. The molecule has 1 unspecified atom stereocenters. The van der Waals surface area contributed by atoms with E-state index >= 15 is 0 Å². The van der Waals surface area contributed by atoms with Gasteiger partial charge < -0.3 is 15.0 Å².